The Hall–Kier alpha value is -2.78. The van der Waals surface area contributed by atoms with Crippen LogP contribution in [0.15, 0.2) is 29.2 Å². The van der Waals surface area contributed by atoms with Crippen molar-refractivity contribution in [2.24, 2.45) is 0 Å². The smallest absolute Gasteiger partial charge is 0.337 e. The van der Waals surface area contributed by atoms with E-state index in [9.17, 15) is 28.2 Å². The number of nitrogens with one attached hydrogen (secondary N) is 1. The summed E-state index contributed by atoms with van der Waals surface area (Å²) in [6, 6.07) is 6.45. The van der Waals surface area contributed by atoms with Crippen molar-refractivity contribution in [1.82, 2.24) is 4.31 Å². The van der Waals surface area contributed by atoms with Crippen molar-refractivity contribution in [2.75, 3.05) is 18.5 Å². The summed E-state index contributed by atoms with van der Waals surface area (Å²) in [6.07, 6.45) is 1.22. The molecule has 9 nitrogen and oxygen atoms in total. The van der Waals surface area contributed by atoms with E-state index in [1.54, 1.807) is 6.92 Å². The third kappa shape index (κ3) is 4.08. The number of carbonyl (C=O) groups excluding carboxylic acids is 1. The zero-order valence-electron chi connectivity index (χ0n) is 16.0. The van der Waals surface area contributed by atoms with E-state index in [-0.39, 0.29) is 33.2 Å². The number of nitrogens with zero attached hydrogens (tertiary/aromatic N) is 2. The summed E-state index contributed by atoms with van der Waals surface area (Å²) in [4.78, 5) is 24.6. The molecule has 11 heteroatoms. The Labute approximate surface area is 177 Å². The third-order valence-corrected chi connectivity index (χ3v) is 8.10. The van der Waals surface area contributed by atoms with Gasteiger partial charge in [0.05, 0.1) is 39.3 Å². The summed E-state index contributed by atoms with van der Waals surface area (Å²) in [5, 5.41) is 30.2. The summed E-state index contributed by atoms with van der Waals surface area (Å²) < 4.78 is 27.3. The summed E-state index contributed by atoms with van der Waals surface area (Å²) in [5.74, 6) is -1.96. The molecule has 1 aromatic carbocycles. The topological polar surface area (TPSA) is 148 Å². The summed E-state index contributed by atoms with van der Waals surface area (Å²) in [7, 11) is -3.87. The van der Waals surface area contributed by atoms with E-state index in [2.05, 4.69) is 5.32 Å². The lowest BCUT2D eigenvalue weighted by molar-refractivity contribution is 0.0698. The van der Waals surface area contributed by atoms with Gasteiger partial charge < -0.3 is 15.5 Å². The number of carboxylic acids is 1. The van der Waals surface area contributed by atoms with Crippen molar-refractivity contribution in [3.8, 4) is 6.07 Å². The van der Waals surface area contributed by atoms with Gasteiger partial charge in [0.2, 0.25) is 10.0 Å². The van der Waals surface area contributed by atoms with Crippen LogP contribution in [0.3, 0.4) is 0 Å². The number of carboxylic acid groups (broad SMARTS) is 1. The van der Waals surface area contributed by atoms with Gasteiger partial charge in [-0.3, -0.25) is 4.79 Å². The van der Waals surface area contributed by atoms with Gasteiger partial charge in [0.15, 0.2) is 0 Å². The van der Waals surface area contributed by atoms with E-state index < -0.39 is 27.9 Å². The largest absolute Gasteiger partial charge is 0.478 e. The zero-order valence-corrected chi connectivity index (χ0v) is 17.6. The lowest BCUT2D eigenvalue weighted by Gasteiger charge is -2.22. The maximum Gasteiger partial charge on any atom is 0.337 e. The minimum Gasteiger partial charge on any atom is -0.478 e. The molecule has 0 aliphatic carbocycles. The van der Waals surface area contributed by atoms with Crippen LogP contribution in [0, 0.1) is 18.3 Å². The Kier molecular flexibility index (Phi) is 6.23. The molecule has 0 spiro atoms. The molecule has 0 bridgehead atoms. The second-order valence-electron chi connectivity index (χ2n) is 6.76. The fourth-order valence-electron chi connectivity index (χ4n) is 3.35. The first kappa shape index (κ1) is 21.9. The molecule has 1 aliphatic heterocycles. The van der Waals surface area contributed by atoms with Gasteiger partial charge in [0.25, 0.3) is 5.91 Å². The van der Waals surface area contributed by atoms with Crippen LogP contribution in [0.1, 0.15) is 43.3 Å². The molecule has 1 saturated heterocycles. The van der Waals surface area contributed by atoms with E-state index in [4.69, 9.17) is 5.26 Å². The molecule has 2 heterocycles. The number of hydrogen-bond donors (Lipinski definition) is 3. The molecule has 1 atom stereocenters. The number of hydrogen-bond acceptors (Lipinski definition) is 7. The Bertz CT molecular complexity index is 1150. The van der Waals surface area contributed by atoms with E-state index in [1.165, 1.54) is 22.5 Å². The first-order valence-corrected chi connectivity index (χ1v) is 11.3. The summed E-state index contributed by atoms with van der Waals surface area (Å²) in [6.45, 7) is 1.62. The number of benzene rings is 1. The molecule has 0 radical (unpaired) electrons. The number of aromatic carboxylic acids is 1. The van der Waals surface area contributed by atoms with Gasteiger partial charge in [0, 0.05) is 17.5 Å². The highest BCUT2D eigenvalue weighted by molar-refractivity contribution is 7.89. The predicted octanol–water partition coefficient (Wildman–Crippen LogP) is 2.02. The number of rotatable bonds is 6. The molecule has 3 N–H and O–H groups in total. The predicted molar refractivity (Wildman–Crippen MR) is 109 cm³/mol. The van der Waals surface area contributed by atoms with Crippen LogP contribution >= 0.6 is 11.3 Å². The minimum atomic E-state index is -3.87. The minimum absolute atomic E-state index is 0.00171. The number of sulfonamides is 1. The van der Waals surface area contributed by atoms with Crippen LogP contribution in [0.5, 0.6) is 0 Å². The van der Waals surface area contributed by atoms with E-state index in [0.717, 1.165) is 17.4 Å². The number of thiophene rings is 1. The maximum absolute atomic E-state index is 13.0. The Morgan fingerprint density at radius 1 is 1.37 bits per heavy atom. The molecule has 30 heavy (non-hydrogen) atoms. The molecule has 1 aromatic heterocycles. The second kappa shape index (κ2) is 8.53. The van der Waals surface area contributed by atoms with Gasteiger partial charge in [0.1, 0.15) is 0 Å². The molecule has 0 saturated carbocycles. The highest BCUT2D eigenvalue weighted by Crippen LogP contribution is 2.32. The second-order valence-corrected chi connectivity index (χ2v) is 9.87. The SMILES string of the molecule is Cc1sc(C(=O)Nc2ccc(C#N)cc2C(=O)O)cc1S(=O)(=O)N1CCCC1CO. The van der Waals surface area contributed by atoms with Crippen molar-refractivity contribution in [3.63, 3.8) is 0 Å². The number of aliphatic hydroxyl groups is 1. The fourth-order valence-corrected chi connectivity index (χ4v) is 6.49. The van der Waals surface area contributed by atoms with E-state index >= 15 is 0 Å². The number of aryl methyl sites for hydroxylation is 1. The number of carbonyl (C=O) groups is 2. The number of aliphatic hydroxyl groups excluding tert-OH is 1. The Morgan fingerprint density at radius 3 is 2.73 bits per heavy atom. The molecule has 1 fully saturated rings. The molecule has 1 unspecified atom stereocenters. The van der Waals surface area contributed by atoms with E-state index in [0.29, 0.717) is 24.3 Å². The van der Waals surface area contributed by atoms with Crippen LogP contribution in [-0.2, 0) is 10.0 Å². The van der Waals surface area contributed by atoms with Crippen molar-refractivity contribution in [2.45, 2.75) is 30.7 Å². The highest BCUT2D eigenvalue weighted by atomic mass is 32.2. The summed E-state index contributed by atoms with van der Waals surface area (Å²) >= 11 is 0.978. The van der Waals surface area contributed by atoms with Crippen LogP contribution < -0.4 is 5.32 Å². The van der Waals surface area contributed by atoms with Crippen LogP contribution in [0.2, 0.25) is 0 Å². The lowest BCUT2D eigenvalue weighted by Crippen LogP contribution is -2.37. The lowest BCUT2D eigenvalue weighted by atomic mass is 10.1. The average molecular weight is 450 g/mol. The van der Waals surface area contributed by atoms with Crippen molar-refractivity contribution >= 4 is 38.9 Å². The first-order chi connectivity index (χ1) is 14.2. The van der Waals surface area contributed by atoms with Crippen LogP contribution in [0.4, 0.5) is 5.69 Å². The maximum atomic E-state index is 13.0. The quantitative estimate of drug-likeness (QED) is 0.611. The van der Waals surface area contributed by atoms with Gasteiger partial charge in [-0.1, -0.05) is 0 Å². The van der Waals surface area contributed by atoms with E-state index in [1.807, 2.05) is 6.07 Å². The molecule has 1 amide bonds. The highest BCUT2D eigenvalue weighted by Gasteiger charge is 2.36. The van der Waals surface area contributed by atoms with Gasteiger partial charge in [-0.05, 0) is 44.0 Å². The Morgan fingerprint density at radius 2 is 2.10 bits per heavy atom. The average Bonchev–Trinajstić information content (AvgIpc) is 3.35. The molecule has 3 rings (SSSR count). The third-order valence-electron chi connectivity index (χ3n) is 4.84. The number of nitriles is 1. The zero-order chi connectivity index (χ0) is 22.1. The van der Waals surface area contributed by atoms with Gasteiger partial charge in [-0.15, -0.1) is 11.3 Å². The van der Waals surface area contributed by atoms with Gasteiger partial charge >= 0.3 is 5.97 Å². The van der Waals surface area contributed by atoms with Crippen molar-refractivity contribution in [3.05, 3.63) is 45.1 Å². The van der Waals surface area contributed by atoms with Crippen molar-refractivity contribution in [1.29, 1.82) is 5.26 Å². The molecule has 1 aliphatic rings. The molecule has 2 aromatic rings. The molecule has 158 valence electrons. The number of anilines is 1. The van der Waals surface area contributed by atoms with Gasteiger partial charge in [-0.25, -0.2) is 13.2 Å². The standard InChI is InChI=1S/C19H19N3O6S2/c1-11-17(30(27,28)22-6-2-3-13(22)10-23)8-16(29-11)18(24)21-15-5-4-12(9-20)7-14(15)19(25)26/h4-5,7-8,13,23H,2-3,6,10H2,1H3,(H,21,24)(H,25,26). The summed E-state index contributed by atoms with van der Waals surface area (Å²) in [5.41, 5.74) is -0.108. The van der Waals surface area contributed by atoms with Crippen molar-refractivity contribution < 1.29 is 28.2 Å². The van der Waals surface area contributed by atoms with Gasteiger partial charge in [-0.2, -0.15) is 9.57 Å². The first-order valence-electron chi connectivity index (χ1n) is 9.01. The molecular weight excluding hydrogens is 430 g/mol. The monoisotopic (exact) mass is 449 g/mol. The molecular formula is C19H19N3O6S2. The normalized spacial score (nSPS) is 16.9. The number of amides is 1. The van der Waals surface area contributed by atoms with Crippen LogP contribution in [0.25, 0.3) is 0 Å². The Balaban J connectivity index is 1.90. The van der Waals surface area contributed by atoms with Crippen LogP contribution in [-0.4, -0.2) is 54.0 Å². The fraction of sp³-hybridized carbons (Fsp3) is 0.316.